The van der Waals surface area contributed by atoms with Gasteiger partial charge in [-0.15, -0.1) is 0 Å². The van der Waals surface area contributed by atoms with Crippen LogP contribution >= 0.6 is 0 Å². The van der Waals surface area contributed by atoms with Crippen molar-refractivity contribution in [2.24, 2.45) is 0 Å². The number of nitrogens with zero attached hydrogens (tertiary/aromatic N) is 2. The summed E-state index contributed by atoms with van der Waals surface area (Å²) in [6.45, 7) is 6.80. The van der Waals surface area contributed by atoms with Gasteiger partial charge in [-0.3, -0.25) is 0 Å². The van der Waals surface area contributed by atoms with Crippen LogP contribution in [0.4, 0.5) is 17.1 Å². The number of hydrogen-bond acceptors (Lipinski definition) is 1. The smallest absolute Gasteiger partial charge is 0.0547 e. The Morgan fingerprint density at radius 1 is 0.333 bits per heavy atom. The minimum Gasteiger partial charge on any atom is -0.311 e. The van der Waals surface area contributed by atoms with Gasteiger partial charge in [-0.05, 0) is 105 Å². The van der Waals surface area contributed by atoms with Crippen LogP contribution < -0.4 is 4.90 Å². The van der Waals surface area contributed by atoms with Gasteiger partial charge in [0.15, 0.2) is 0 Å². The average molecular weight is 771 g/mol. The molecular formula is C58H46N2. The van der Waals surface area contributed by atoms with E-state index in [1.165, 1.54) is 66.3 Å². The minimum atomic E-state index is 0.111. The van der Waals surface area contributed by atoms with Crippen LogP contribution in [0.5, 0.6) is 0 Å². The molecule has 1 heterocycles. The molecule has 10 aromatic rings. The van der Waals surface area contributed by atoms with Gasteiger partial charge in [0.2, 0.25) is 0 Å². The van der Waals surface area contributed by atoms with Crippen molar-refractivity contribution in [2.45, 2.75) is 26.2 Å². The van der Waals surface area contributed by atoms with E-state index in [0.29, 0.717) is 0 Å². The van der Waals surface area contributed by atoms with Crippen LogP contribution in [0, 0.1) is 0 Å². The maximum Gasteiger partial charge on any atom is 0.0547 e. The summed E-state index contributed by atoms with van der Waals surface area (Å²) in [5.41, 5.74) is 17.9. The molecule has 0 aliphatic heterocycles. The first-order valence-corrected chi connectivity index (χ1v) is 20.8. The molecule has 0 unspecified atom stereocenters. The Balaban J connectivity index is 1.01. The predicted octanol–water partition coefficient (Wildman–Crippen LogP) is 16.2. The molecule has 1 aromatic heterocycles. The van der Waals surface area contributed by atoms with Crippen molar-refractivity contribution in [3.05, 3.63) is 230 Å². The monoisotopic (exact) mass is 770 g/mol. The molecule has 0 bridgehead atoms. The summed E-state index contributed by atoms with van der Waals surface area (Å²) in [7, 11) is 0. The number of benzene rings is 9. The van der Waals surface area contributed by atoms with Crippen LogP contribution in [0.25, 0.3) is 72.0 Å². The lowest BCUT2D eigenvalue weighted by Gasteiger charge is -2.26. The van der Waals surface area contributed by atoms with Crippen molar-refractivity contribution in [2.75, 3.05) is 4.90 Å². The lowest BCUT2D eigenvalue weighted by atomic mass is 9.86. The van der Waals surface area contributed by atoms with Crippen molar-refractivity contribution in [1.82, 2.24) is 4.57 Å². The van der Waals surface area contributed by atoms with Crippen molar-refractivity contribution in [3.63, 3.8) is 0 Å². The molecule has 2 heteroatoms. The Bertz CT molecular complexity index is 3060. The Morgan fingerprint density at radius 3 is 1.40 bits per heavy atom. The summed E-state index contributed by atoms with van der Waals surface area (Å²) < 4.78 is 2.45. The van der Waals surface area contributed by atoms with Gasteiger partial charge in [0.05, 0.1) is 16.7 Å². The lowest BCUT2D eigenvalue weighted by Crippen LogP contribution is -2.10. The second-order valence-corrected chi connectivity index (χ2v) is 16.6. The van der Waals surface area contributed by atoms with E-state index in [9.17, 15) is 0 Å². The zero-order valence-corrected chi connectivity index (χ0v) is 34.3. The highest BCUT2D eigenvalue weighted by Crippen LogP contribution is 2.41. The van der Waals surface area contributed by atoms with Gasteiger partial charge in [0.1, 0.15) is 0 Å². The molecule has 10 rings (SSSR count). The molecular weight excluding hydrogens is 725 g/mol. The van der Waals surface area contributed by atoms with E-state index >= 15 is 0 Å². The van der Waals surface area contributed by atoms with E-state index < -0.39 is 0 Å². The van der Waals surface area contributed by atoms with E-state index in [-0.39, 0.29) is 5.41 Å². The van der Waals surface area contributed by atoms with E-state index in [0.717, 1.165) is 28.3 Å². The molecule has 0 aliphatic carbocycles. The van der Waals surface area contributed by atoms with E-state index in [2.05, 4.69) is 255 Å². The van der Waals surface area contributed by atoms with Gasteiger partial charge in [-0.25, -0.2) is 0 Å². The van der Waals surface area contributed by atoms with Crippen LogP contribution in [0.1, 0.15) is 26.3 Å². The highest BCUT2D eigenvalue weighted by atomic mass is 15.1. The lowest BCUT2D eigenvalue weighted by molar-refractivity contribution is 0.590. The van der Waals surface area contributed by atoms with Gasteiger partial charge in [-0.2, -0.15) is 0 Å². The van der Waals surface area contributed by atoms with Crippen molar-refractivity contribution >= 4 is 38.9 Å². The first kappa shape index (κ1) is 36.9. The topological polar surface area (TPSA) is 8.17 Å². The SMILES string of the molecule is CC(C)(C)c1ccc(-c2ccc3c4ccccc4n(-c4ccccc4-c4ccc(N(c5ccccc5)c5ccc(-c6ccc(-c7ccccc7)cc6)cc5)cc4)c3c2)cc1. The average Bonchev–Trinajstić information content (AvgIpc) is 3.63. The third kappa shape index (κ3) is 6.97. The largest absolute Gasteiger partial charge is 0.311 e. The molecule has 288 valence electrons. The molecule has 0 fully saturated rings. The summed E-state index contributed by atoms with van der Waals surface area (Å²) in [6.07, 6.45) is 0. The van der Waals surface area contributed by atoms with Gasteiger partial charge in [0, 0.05) is 33.4 Å². The first-order chi connectivity index (χ1) is 29.4. The third-order valence-electron chi connectivity index (χ3n) is 11.8. The van der Waals surface area contributed by atoms with Crippen LogP contribution in [-0.4, -0.2) is 4.57 Å². The van der Waals surface area contributed by atoms with Crippen molar-refractivity contribution < 1.29 is 0 Å². The van der Waals surface area contributed by atoms with Crippen molar-refractivity contribution in [3.8, 4) is 50.2 Å². The fraction of sp³-hybridized carbons (Fsp3) is 0.0690. The summed E-state index contributed by atoms with van der Waals surface area (Å²) in [5.74, 6) is 0. The fourth-order valence-corrected chi connectivity index (χ4v) is 8.59. The summed E-state index contributed by atoms with van der Waals surface area (Å²) in [6, 6.07) is 81.6. The van der Waals surface area contributed by atoms with Gasteiger partial charge in [-0.1, -0.05) is 191 Å². The summed E-state index contributed by atoms with van der Waals surface area (Å²) in [5, 5.41) is 2.50. The van der Waals surface area contributed by atoms with Crippen LogP contribution in [0.15, 0.2) is 224 Å². The molecule has 0 aliphatic rings. The van der Waals surface area contributed by atoms with Crippen LogP contribution in [0.3, 0.4) is 0 Å². The Kier molecular flexibility index (Phi) is 9.47. The Morgan fingerprint density at radius 2 is 0.767 bits per heavy atom. The highest BCUT2D eigenvalue weighted by Gasteiger charge is 2.19. The van der Waals surface area contributed by atoms with Crippen LogP contribution in [0.2, 0.25) is 0 Å². The first-order valence-electron chi connectivity index (χ1n) is 20.8. The van der Waals surface area contributed by atoms with Gasteiger partial charge >= 0.3 is 0 Å². The predicted molar refractivity (Wildman–Crippen MR) is 256 cm³/mol. The quantitative estimate of drug-likeness (QED) is 0.149. The molecule has 0 radical (unpaired) electrons. The second kappa shape index (κ2) is 15.4. The van der Waals surface area contributed by atoms with Gasteiger partial charge in [0.25, 0.3) is 0 Å². The normalized spacial score (nSPS) is 11.6. The number of aromatic nitrogens is 1. The Hall–Kier alpha value is -7.42. The molecule has 0 N–H and O–H groups in total. The molecule has 0 saturated carbocycles. The summed E-state index contributed by atoms with van der Waals surface area (Å²) in [4.78, 5) is 2.33. The zero-order chi connectivity index (χ0) is 40.6. The second-order valence-electron chi connectivity index (χ2n) is 16.6. The van der Waals surface area contributed by atoms with E-state index in [4.69, 9.17) is 0 Å². The zero-order valence-electron chi connectivity index (χ0n) is 34.3. The van der Waals surface area contributed by atoms with E-state index in [1.54, 1.807) is 0 Å². The maximum absolute atomic E-state index is 2.45. The number of anilines is 3. The third-order valence-corrected chi connectivity index (χ3v) is 11.8. The highest BCUT2D eigenvalue weighted by molar-refractivity contribution is 6.10. The molecule has 0 amide bonds. The van der Waals surface area contributed by atoms with Crippen LogP contribution in [-0.2, 0) is 5.41 Å². The molecule has 2 nitrogen and oxygen atoms in total. The molecule has 9 aromatic carbocycles. The number of rotatable bonds is 8. The molecule has 0 atom stereocenters. The minimum absolute atomic E-state index is 0.111. The number of para-hydroxylation sites is 3. The standard InChI is InChI=1S/C58H46N2/c1-58(2,3)48-33-26-45(27-34-48)47-32-39-54-53-19-11-13-21-56(53)60(57(54)40-47)55-20-12-10-18-52(55)46-30-37-51(38-31-46)59(49-16-8-5-9-17-49)50-35-28-44(29-36-50)43-24-22-42(23-25-43)41-14-6-4-7-15-41/h4-40H,1-3H3. The Labute approximate surface area is 353 Å². The molecule has 60 heavy (non-hydrogen) atoms. The summed E-state index contributed by atoms with van der Waals surface area (Å²) >= 11 is 0. The van der Waals surface area contributed by atoms with Gasteiger partial charge < -0.3 is 9.47 Å². The maximum atomic E-state index is 2.45. The number of hydrogen-bond donors (Lipinski definition) is 0. The fourth-order valence-electron chi connectivity index (χ4n) is 8.59. The molecule has 0 saturated heterocycles. The van der Waals surface area contributed by atoms with Crippen molar-refractivity contribution in [1.29, 1.82) is 0 Å². The molecule has 0 spiro atoms. The van der Waals surface area contributed by atoms with E-state index in [1.807, 2.05) is 0 Å². The number of fused-ring (bicyclic) bond motifs is 3.